The summed E-state index contributed by atoms with van der Waals surface area (Å²) in [6.45, 7) is 0.901. The Labute approximate surface area is 131 Å². The molecule has 4 nitrogen and oxygen atoms in total. The lowest BCUT2D eigenvalue weighted by Crippen LogP contribution is -2.36. The molecule has 0 saturated carbocycles. The molecule has 1 atom stereocenters. The van der Waals surface area contributed by atoms with Gasteiger partial charge in [-0.1, -0.05) is 30.3 Å². The monoisotopic (exact) mass is 297 g/mol. The summed E-state index contributed by atoms with van der Waals surface area (Å²) in [5.41, 5.74) is 2.36. The number of amides is 1. The Morgan fingerprint density at radius 2 is 2.09 bits per heavy atom. The van der Waals surface area contributed by atoms with Crippen LogP contribution in [-0.2, 0) is 24.7 Å². The zero-order valence-corrected chi connectivity index (χ0v) is 13.1. The zero-order chi connectivity index (χ0) is 15.4. The molecule has 1 aliphatic rings. The van der Waals surface area contributed by atoms with Crippen molar-refractivity contribution in [3.05, 3.63) is 53.9 Å². The van der Waals surface area contributed by atoms with Gasteiger partial charge in [-0.05, 0) is 36.8 Å². The van der Waals surface area contributed by atoms with E-state index in [9.17, 15) is 4.79 Å². The van der Waals surface area contributed by atoms with Crippen LogP contribution in [0.4, 0.5) is 0 Å². The van der Waals surface area contributed by atoms with Gasteiger partial charge in [-0.15, -0.1) is 0 Å². The quantitative estimate of drug-likeness (QED) is 0.851. The van der Waals surface area contributed by atoms with Crippen LogP contribution in [-0.4, -0.2) is 33.2 Å². The highest BCUT2D eigenvalue weighted by Crippen LogP contribution is 2.23. The molecule has 1 saturated heterocycles. The molecule has 2 aromatic rings. The molecule has 1 amide bonds. The molecule has 0 aliphatic carbocycles. The van der Waals surface area contributed by atoms with Crippen LogP contribution in [0.25, 0.3) is 0 Å². The van der Waals surface area contributed by atoms with E-state index in [4.69, 9.17) is 0 Å². The molecule has 3 rings (SSSR count). The van der Waals surface area contributed by atoms with Crippen molar-refractivity contribution in [2.45, 2.75) is 38.1 Å². The van der Waals surface area contributed by atoms with Crippen molar-refractivity contribution in [3.63, 3.8) is 0 Å². The van der Waals surface area contributed by atoms with Gasteiger partial charge in [-0.25, -0.2) is 0 Å². The third-order valence-corrected chi connectivity index (χ3v) is 4.42. The Hall–Kier alpha value is -2.10. The first kappa shape index (κ1) is 14.8. The first-order valence-electron chi connectivity index (χ1n) is 8.03. The number of nitrogens with zero attached hydrogens (tertiary/aromatic N) is 3. The molecular formula is C18H23N3O. The lowest BCUT2D eigenvalue weighted by molar-refractivity contribution is -0.131. The van der Waals surface area contributed by atoms with Gasteiger partial charge in [0.1, 0.15) is 0 Å². The zero-order valence-electron chi connectivity index (χ0n) is 13.1. The summed E-state index contributed by atoms with van der Waals surface area (Å²) in [6, 6.07) is 10.9. The van der Waals surface area contributed by atoms with Crippen LogP contribution < -0.4 is 0 Å². The van der Waals surface area contributed by atoms with Crippen molar-refractivity contribution >= 4 is 5.91 Å². The maximum absolute atomic E-state index is 12.5. The number of rotatable bonds is 5. The largest absolute Gasteiger partial charge is 0.339 e. The number of aromatic nitrogens is 2. The van der Waals surface area contributed by atoms with E-state index >= 15 is 0 Å². The summed E-state index contributed by atoms with van der Waals surface area (Å²) >= 11 is 0. The molecule has 1 unspecified atom stereocenters. The number of likely N-dealkylation sites (tertiary alicyclic amines) is 1. The van der Waals surface area contributed by atoms with Crippen molar-refractivity contribution in [2.75, 3.05) is 6.54 Å². The first-order chi connectivity index (χ1) is 10.7. The molecule has 116 valence electrons. The van der Waals surface area contributed by atoms with Crippen molar-refractivity contribution < 1.29 is 4.79 Å². The Morgan fingerprint density at radius 3 is 2.82 bits per heavy atom. The summed E-state index contributed by atoms with van der Waals surface area (Å²) in [5.74, 6) is 0.239. The van der Waals surface area contributed by atoms with Crippen LogP contribution >= 0.6 is 0 Å². The number of aryl methyl sites for hydroxylation is 2. The number of carbonyl (C=O) groups excluding carboxylic acids is 1. The summed E-state index contributed by atoms with van der Waals surface area (Å²) < 4.78 is 1.75. The predicted molar refractivity (Wildman–Crippen MR) is 86.4 cm³/mol. The molecule has 4 heteroatoms. The fourth-order valence-electron chi connectivity index (χ4n) is 3.28. The number of hydrogen-bond acceptors (Lipinski definition) is 2. The summed E-state index contributed by atoms with van der Waals surface area (Å²) in [4.78, 5) is 14.6. The van der Waals surface area contributed by atoms with Gasteiger partial charge in [-0.2, -0.15) is 5.10 Å². The van der Waals surface area contributed by atoms with Crippen molar-refractivity contribution in [2.24, 2.45) is 7.05 Å². The van der Waals surface area contributed by atoms with Crippen LogP contribution in [0.1, 0.15) is 30.4 Å². The second-order valence-corrected chi connectivity index (χ2v) is 6.11. The second-order valence-electron chi connectivity index (χ2n) is 6.11. The normalized spacial score (nSPS) is 17.9. The van der Waals surface area contributed by atoms with Crippen LogP contribution in [0.15, 0.2) is 42.7 Å². The SMILES string of the molecule is Cn1cc(CC(=O)N2CCCC2CCc2ccccc2)cn1. The Morgan fingerprint density at radius 1 is 1.27 bits per heavy atom. The number of benzene rings is 1. The molecule has 0 radical (unpaired) electrons. The minimum Gasteiger partial charge on any atom is -0.339 e. The molecule has 0 N–H and O–H groups in total. The topological polar surface area (TPSA) is 38.1 Å². The number of hydrogen-bond donors (Lipinski definition) is 0. The van der Waals surface area contributed by atoms with Gasteiger partial charge < -0.3 is 4.90 Å². The molecule has 0 bridgehead atoms. The van der Waals surface area contributed by atoms with E-state index in [2.05, 4.69) is 34.3 Å². The summed E-state index contributed by atoms with van der Waals surface area (Å²) in [6.07, 6.45) is 8.53. The van der Waals surface area contributed by atoms with Crippen LogP contribution in [0.2, 0.25) is 0 Å². The van der Waals surface area contributed by atoms with Gasteiger partial charge in [0.15, 0.2) is 0 Å². The van der Waals surface area contributed by atoms with Gasteiger partial charge in [0.2, 0.25) is 5.91 Å². The van der Waals surface area contributed by atoms with Crippen LogP contribution in [0, 0.1) is 0 Å². The average Bonchev–Trinajstić information content (AvgIpc) is 3.15. The Balaban J connectivity index is 1.56. The standard InChI is InChI=1S/C18H23N3O/c1-20-14-16(13-19-20)12-18(22)21-11-5-8-17(21)10-9-15-6-3-2-4-7-15/h2-4,6-7,13-14,17H,5,8-12H2,1H3. The Bertz CT molecular complexity index is 620. The first-order valence-corrected chi connectivity index (χ1v) is 8.03. The van der Waals surface area contributed by atoms with Crippen LogP contribution in [0.3, 0.4) is 0 Å². The van der Waals surface area contributed by atoms with Gasteiger partial charge in [0, 0.05) is 25.8 Å². The van der Waals surface area contributed by atoms with E-state index in [1.165, 1.54) is 5.56 Å². The maximum atomic E-state index is 12.5. The van der Waals surface area contributed by atoms with Gasteiger partial charge in [0.05, 0.1) is 12.6 Å². The average molecular weight is 297 g/mol. The van der Waals surface area contributed by atoms with Gasteiger partial charge >= 0.3 is 0 Å². The van der Waals surface area contributed by atoms with E-state index in [0.717, 1.165) is 37.8 Å². The highest BCUT2D eigenvalue weighted by Gasteiger charge is 2.28. The number of carbonyl (C=O) groups is 1. The van der Waals surface area contributed by atoms with Crippen LogP contribution in [0.5, 0.6) is 0 Å². The van der Waals surface area contributed by atoms with Crippen molar-refractivity contribution in [1.82, 2.24) is 14.7 Å². The van der Waals surface area contributed by atoms with Gasteiger partial charge in [0.25, 0.3) is 0 Å². The Kier molecular flexibility index (Phi) is 4.56. The maximum Gasteiger partial charge on any atom is 0.227 e. The minimum atomic E-state index is 0.239. The fourth-order valence-corrected chi connectivity index (χ4v) is 3.28. The molecule has 0 spiro atoms. The summed E-state index contributed by atoms with van der Waals surface area (Å²) in [7, 11) is 1.88. The lowest BCUT2D eigenvalue weighted by Gasteiger charge is -2.24. The highest BCUT2D eigenvalue weighted by molar-refractivity contribution is 5.79. The summed E-state index contributed by atoms with van der Waals surface area (Å²) in [5, 5.41) is 4.14. The van der Waals surface area contributed by atoms with E-state index < -0.39 is 0 Å². The molecule has 1 aliphatic heterocycles. The second kappa shape index (κ2) is 6.77. The smallest absolute Gasteiger partial charge is 0.227 e. The predicted octanol–water partition coefficient (Wildman–Crippen LogP) is 2.59. The molecule has 1 aromatic heterocycles. The molecule has 1 fully saturated rings. The van der Waals surface area contributed by atoms with E-state index in [-0.39, 0.29) is 5.91 Å². The molecular weight excluding hydrogens is 274 g/mol. The van der Waals surface area contributed by atoms with E-state index in [1.54, 1.807) is 10.9 Å². The minimum absolute atomic E-state index is 0.239. The van der Waals surface area contributed by atoms with E-state index in [1.807, 2.05) is 19.3 Å². The molecule has 2 heterocycles. The third kappa shape index (κ3) is 3.56. The molecule has 1 aromatic carbocycles. The molecule has 22 heavy (non-hydrogen) atoms. The van der Waals surface area contributed by atoms with E-state index in [0.29, 0.717) is 12.5 Å². The fraction of sp³-hybridized carbons (Fsp3) is 0.444. The van der Waals surface area contributed by atoms with Crippen molar-refractivity contribution in [1.29, 1.82) is 0 Å². The third-order valence-electron chi connectivity index (χ3n) is 4.42. The van der Waals surface area contributed by atoms with Crippen molar-refractivity contribution in [3.8, 4) is 0 Å². The van der Waals surface area contributed by atoms with Gasteiger partial charge in [-0.3, -0.25) is 9.48 Å². The highest BCUT2D eigenvalue weighted by atomic mass is 16.2. The lowest BCUT2D eigenvalue weighted by atomic mass is 10.0.